The molecule has 2 heterocycles. The lowest BCUT2D eigenvalue weighted by Gasteiger charge is -2.20. The van der Waals surface area contributed by atoms with Crippen molar-refractivity contribution in [2.45, 2.75) is 52.7 Å². The van der Waals surface area contributed by atoms with Crippen LogP contribution in [0.4, 0.5) is 0 Å². The highest BCUT2D eigenvalue weighted by Gasteiger charge is 2.23. The predicted octanol–water partition coefficient (Wildman–Crippen LogP) is 2.29. The van der Waals surface area contributed by atoms with Crippen LogP contribution in [0.2, 0.25) is 0 Å². The van der Waals surface area contributed by atoms with E-state index in [4.69, 9.17) is 19.0 Å². The average Bonchev–Trinajstić information content (AvgIpc) is 3.12. The number of ether oxygens (including phenoxy) is 2. The molecule has 0 unspecified atom stereocenters. The van der Waals surface area contributed by atoms with E-state index < -0.39 is 23.1 Å². The van der Waals surface area contributed by atoms with E-state index in [-0.39, 0.29) is 11.4 Å². The second-order valence-corrected chi connectivity index (χ2v) is 7.75. The molecular weight excluding hydrogens is 351 g/mol. The first-order valence-corrected chi connectivity index (χ1v) is 8.44. The topological polar surface area (TPSA) is 80.9 Å². The number of rotatable bonds is 6. The van der Waals surface area contributed by atoms with Gasteiger partial charge >= 0.3 is 19.6 Å². The van der Waals surface area contributed by atoms with E-state index in [1.165, 1.54) is 21.9 Å². The van der Waals surface area contributed by atoms with Gasteiger partial charge in [-0.3, -0.25) is 0 Å². The first kappa shape index (κ1) is 20.5. The Balaban J connectivity index is 1.97. The van der Waals surface area contributed by atoms with E-state index in [0.717, 1.165) is 7.69 Å². The third-order valence-electron chi connectivity index (χ3n) is 2.96. The van der Waals surface area contributed by atoms with Gasteiger partial charge in [0.25, 0.3) is 0 Å². The normalized spacial score (nSPS) is 11.6. The van der Waals surface area contributed by atoms with Gasteiger partial charge in [0.1, 0.15) is 11.2 Å². The van der Waals surface area contributed by atoms with Crippen molar-refractivity contribution in [2.24, 2.45) is 0 Å². The molecule has 0 spiro atoms. The van der Waals surface area contributed by atoms with Crippen LogP contribution >= 0.6 is 0 Å². The first-order valence-electron chi connectivity index (χ1n) is 8.44. The Bertz CT molecular complexity index is 731. The van der Waals surface area contributed by atoms with E-state index in [1.807, 2.05) is 0 Å². The molecule has 0 bridgehead atoms. The zero-order valence-electron chi connectivity index (χ0n) is 16.4. The van der Waals surface area contributed by atoms with E-state index in [9.17, 15) is 9.59 Å². The van der Waals surface area contributed by atoms with Crippen LogP contribution in [0.1, 0.15) is 62.5 Å². The molecule has 0 aliphatic rings. The summed E-state index contributed by atoms with van der Waals surface area (Å²) in [5, 5.41) is 0. The number of carbonyl (C=O) groups is 2. The van der Waals surface area contributed by atoms with Crippen LogP contribution in [0, 0.1) is 0 Å². The van der Waals surface area contributed by atoms with Crippen LogP contribution < -0.4 is 9.51 Å². The molecule has 27 heavy (non-hydrogen) atoms. The fraction of sp³-hybridized carbons (Fsp3) is 0.444. The number of hydrogen-bond acceptors (Lipinski definition) is 6. The zero-order valence-corrected chi connectivity index (χ0v) is 16.4. The highest BCUT2D eigenvalue weighted by molar-refractivity contribution is 6.18. The van der Waals surface area contributed by atoms with Gasteiger partial charge in [-0.25, -0.2) is 19.0 Å². The Morgan fingerprint density at radius 2 is 1.15 bits per heavy atom. The van der Waals surface area contributed by atoms with Gasteiger partial charge in [-0.2, -0.15) is 0 Å². The van der Waals surface area contributed by atoms with Gasteiger partial charge in [-0.05, 0) is 65.8 Å². The molecule has 2 aromatic rings. The maximum absolute atomic E-state index is 12.2. The molecule has 2 rings (SSSR count). The largest absolute Gasteiger partial charge is 0.701 e. The summed E-state index contributed by atoms with van der Waals surface area (Å²) in [5.41, 5.74) is -0.853. The SMILES string of the molecule is CC(C)(C)OC(=O)c1cccn1O[B]On1cccc1C(=O)OC(C)(C)C. The third kappa shape index (κ3) is 6.12. The summed E-state index contributed by atoms with van der Waals surface area (Å²) in [4.78, 5) is 24.3. The lowest BCUT2D eigenvalue weighted by Crippen LogP contribution is -2.32. The summed E-state index contributed by atoms with van der Waals surface area (Å²) in [7, 11) is 0.988. The molecule has 0 N–H and O–H groups in total. The standard InChI is InChI=1S/C18H24BN2O6/c1-17(2,3)24-15(22)13-9-7-11-20(13)26-19-27-21-12-8-10-14(21)16(23)25-18(4,5)6/h7-12H,1-6H3. The highest BCUT2D eigenvalue weighted by Crippen LogP contribution is 2.13. The van der Waals surface area contributed by atoms with E-state index in [1.54, 1.807) is 65.8 Å². The van der Waals surface area contributed by atoms with Crippen molar-refractivity contribution >= 4 is 19.6 Å². The third-order valence-corrected chi connectivity index (χ3v) is 2.96. The van der Waals surface area contributed by atoms with E-state index in [2.05, 4.69) is 0 Å². The molecule has 145 valence electrons. The maximum Gasteiger partial charge on any atom is 0.701 e. The molecule has 0 atom stereocenters. The van der Waals surface area contributed by atoms with Crippen LogP contribution in [0.3, 0.4) is 0 Å². The monoisotopic (exact) mass is 375 g/mol. The number of hydrogen-bond donors (Lipinski definition) is 0. The van der Waals surface area contributed by atoms with Crippen molar-refractivity contribution in [3.8, 4) is 0 Å². The fourth-order valence-electron chi connectivity index (χ4n) is 2.00. The highest BCUT2D eigenvalue weighted by atomic mass is 16.8. The van der Waals surface area contributed by atoms with Gasteiger partial charge in [0.05, 0.1) is 0 Å². The molecule has 0 amide bonds. The fourth-order valence-corrected chi connectivity index (χ4v) is 2.00. The van der Waals surface area contributed by atoms with E-state index in [0.29, 0.717) is 0 Å². The van der Waals surface area contributed by atoms with Crippen LogP contribution in [0.25, 0.3) is 0 Å². The number of aromatic nitrogens is 2. The lowest BCUT2D eigenvalue weighted by molar-refractivity contribution is 0.00369. The Labute approximate surface area is 159 Å². The smallest absolute Gasteiger partial charge is 0.455 e. The van der Waals surface area contributed by atoms with Crippen molar-refractivity contribution in [1.82, 2.24) is 9.46 Å². The molecule has 8 nitrogen and oxygen atoms in total. The van der Waals surface area contributed by atoms with Crippen LogP contribution in [0.5, 0.6) is 0 Å². The predicted molar refractivity (Wildman–Crippen MR) is 98.1 cm³/mol. The Hall–Kier alpha value is -2.84. The molecule has 9 heteroatoms. The van der Waals surface area contributed by atoms with Crippen molar-refractivity contribution in [2.75, 3.05) is 0 Å². The minimum Gasteiger partial charge on any atom is -0.455 e. The van der Waals surface area contributed by atoms with Crippen molar-refractivity contribution in [3.05, 3.63) is 48.0 Å². The van der Waals surface area contributed by atoms with Gasteiger partial charge in [0.15, 0.2) is 11.4 Å². The molecule has 0 aromatic carbocycles. The summed E-state index contributed by atoms with van der Waals surface area (Å²) in [6.45, 7) is 10.7. The molecule has 0 fully saturated rings. The van der Waals surface area contributed by atoms with Gasteiger partial charge in [-0.1, -0.05) is 0 Å². The quantitative estimate of drug-likeness (QED) is 0.569. The minimum atomic E-state index is -0.625. The summed E-state index contributed by atoms with van der Waals surface area (Å²) < 4.78 is 23.7. The van der Waals surface area contributed by atoms with Crippen molar-refractivity contribution < 1.29 is 28.6 Å². The van der Waals surface area contributed by atoms with Crippen LogP contribution in [-0.4, -0.2) is 40.3 Å². The second-order valence-electron chi connectivity index (χ2n) is 7.75. The van der Waals surface area contributed by atoms with Crippen LogP contribution in [-0.2, 0) is 9.47 Å². The maximum atomic E-state index is 12.2. The number of nitrogens with zero attached hydrogens (tertiary/aromatic N) is 2. The molecule has 1 radical (unpaired) electrons. The minimum absolute atomic E-state index is 0.199. The van der Waals surface area contributed by atoms with Gasteiger partial charge < -0.3 is 19.0 Å². The Morgan fingerprint density at radius 1 is 0.778 bits per heavy atom. The summed E-state index contributed by atoms with van der Waals surface area (Å²) in [6.07, 6.45) is 3.06. The average molecular weight is 375 g/mol. The molecule has 0 saturated heterocycles. The van der Waals surface area contributed by atoms with E-state index >= 15 is 0 Å². The summed E-state index contributed by atoms with van der Waals surface area (Å²) in [5.74, 6) is -1.06. The second kappa shape index (κ2) is 7.81. The molecule has 0 saturated carbocycles. The first-order chi connectivity index (χ1) is 12.5. The van der Waals surface area contributed by atoms with Gasteiger partial charge in [0, 0.05) is 12.4 Å². The molecular formula is C18H24BN2O6. The van der Waals surface area contributed by atoms with Gasteiger partial charge in [-0.15, -0.1) is 0 Å². The zero-order chi connectivity index (χ0) is 20.2. The van der Waals surface area contributed by atoms with Crippen molar-refractivity contribution in [3.63, 3.8) is 0 Å². The van der Waals surface area contributed by atoms with Crippen molar-refractivity contribution in [1.29, 1.82) is 0 Å². The lowest BCUT2D eigenvalue weighted by atomic mass is 10.2. The molecule has 0 aliphatic carbocycles. The number of esters is 2. The molecule has 2 aromatic heterocycles. The summed E-state index contributed by atoms with van der Waals surface area (Å²) in [6, 6.07) is 6.39. The number of carbonyl (C=O) groups excluding carboxylic acids is 2. The van der Waals surface area contributed by atoms with Gasteiger partial charge in [0.2, 0.25) is 0 Å². The Kier molecular flexibility index (Phi) is 5.93. The molecule has 0 aliphatic heterocycles. The Morgan fingerprint density at radius 3 is 1.48 bits per heavy atom. The summed E-state index contributed by atoms with van der Waals surface area (Å²) >= 11 is 0. The van der Waals surface area contributed by atoms with Crippen LogP contribution in [0.15, 0.2) is 36.7 Å².